The lowest BCUT2D eigenvalue weighted by molar-refractivity contribution is -0.126. The molecule has 3 heterocycles. The number of rotatable bonds is 6. The van der Waals surface area contributed by atoms with Crippen LogP contribution in [-0.2, 0) is 11.2 Å². The van der Waals surface area contributed by atoms with Crippen LogP contribution in [0.3, 0.4) is 0 Å². The highest BCUT2D eigenvalue weighted by Gasteiger charge is 2.26. The predicted octanol–water partition coefficient (Wildman–Crippen LogP) is 2.90. The first kappa shape index (κ1) is 19.8. The molecule has 7 nitrogen and oxygen atoms in total. The summed E-state index contributed by atoms with van der Waals surface area (Å²) in [5.74, 6) is 1.64. The average molecular weight is 458 g/mol. The molecule has 1 aliphatic rings. The van der Waals surface area contributed by atoms with Crippen molar-refractivity contribution in [1.82, 2.24) is 25.2 Å². The van der Waals surface area contributed by atoms with Gasteiger partial charge in [0.1, 0.15) is 5.75 Å². The molecule has 1 saturated heterocycles. The van der Waals surface area contributed by atoms with Crippen molar-refractivity contribution < 1.29 is 9.53 Å². The van der Waals surface area contributed by atoms with Crippen molar-refractivity contribution in [2.24, 2.45) is 5.92 Å². The van der Waals surface area contributed by atoms with Crippen LogP contribution in [0.1, 0.15) is 30.3 Å². The number of hydrogen-bond donors (Lipinski definition) is 2. The fourth-order valence-electron chi connectivity index (χ4n) is 3.70. The molecule has 8 heteroatoms. The van der Waals surface area contributed by atoms with Gasteiger partial charge in [-0.25, -0.2) is 0 Å². The third-order valence-electron chi connectivity index (χ3n) is 5.33. The van der Waals surface area contributed by atoms with E-state index in [9.17, 15) is 4.79 Å². The molecule has 0 saturated carbocycles. The molecule has 0 spiro atoms. The Hall–Kier alpha value is -2.45. The van der Waals surface area contributed by atoms with Crippen LogP contribution >= 0.6 is 15.9 Å². The number of hydrogen-bond acceptors (Lipinski definition) is 5. The molecule has 1 atom stereocenters. The van der Waals surface area contributed by atoms with E-state index >= 15 is 0 Å². The summed E-state index contributed by atoms with van der Waals surface area (Å²) >= 11 is 3.51. The molecule has 0 aliphatic carbocycles. The second-order valence-electron chi connectivity index (χ2n) is 7.27. The molecule has 1 aromatic carbocycles. The van der Waals surface area contributed by atoms with E-state index in [1.807, 2.05) is 47.0 Å². The lowest BCUT2D eigenvalue weighted by Gasteiger charge is -2.25. The summed E-state index contributed by atoms with van der Waals surface area (Å²) in [5.41, 5.74) is 1.84. The van der Waals surface area contributed by atoms with Crippen molar-refractivity contribution in [2.45, 2.75) is 25.3 Å². The number of carbonyl (C=O) groups excluding carboxylic acids is 1. The van der Waals surface area contributed by atoms with Crippen LogP contribution in [0, 0.1) is 5.92 Å². The van der Waals surface area contributed by atoms with Crippen LogP contribution in [-0.4, -0.2) is 40.7 Å². The maximum absolute atomic E-state index is 13.0. The van der Waals surface area contributed by atoms with Crippen molar-refractivity contribution in [3.63, 3.8) is 0 Å². The number of carbonyl (C=O) groups is 1. The molecule has 0 radical (unpaired) electrons. The van der Waals surface area contributed by atoms with Crippen molar-refractivity contribution in [3.05, 3.63) is 58.5 Å². The lowest BCUT2D eigenvalue weighted by atomic mass is 9.96. The Morgan fingerprint density at radius 3 is 2.72 bits per heavy atom. The highest BCUT2D eigenvalue weighted by Crippen LogP contribution is 2.23. The number of pyridine rings is 1. The smallest absolute Gasteiger partial charge is 0.223 e. The number of benzene rings is 1. The maximum atomic E-state index is 13.0. The minimum Gasteiger partial charge on any atom is -0.497 e. The Kier molecular flexibility index (Phi) is 6.10. The predicted molar refractivity (Wildman–Crippen MR) is 114 cm³/mol. The molecule has 29 heavy (non-hydrogen) atoms. The molecule has 152 valence electrons. The van der Waals surface area contributed by atoms with Gasteiger partial charge in [0.05, 0.1) is 13.2 Å². The number of methoxy groups -OCH3 is 1. The second kappa shape index (κ2) is 8.92. The van der Waals surface area contributed by atoms with Gasteiger partial charge in [0.2, 0.25) is 5.91 Å². The van der Waals surface area contributed by atoms with Gasteiger partial charge in [0, 0.05) is 16.6 Å². The van der Waals surface area contributed by atoms with Crippen LogP contribution < -0.4 is 15.4 Å². The van der Waals surface area contributed by atoms with Crippen LogP contribution in [0.15, 0.2) is 47.1 Å². The fraction of sp³-hybridized carbons (Fsp3) is 0.381. The first-order chi connectivity index (χ1) is 14.1. The lowest BCUT2D eigenvalue weighted by Crippen LogP contribution is -2.40. The Morgan fingerprint density at radius 1 is 1.24 bits per heavy atom. The van der Waals surface area contributed by atoms with E-state index in [-0.39, 0.29) is 17.9 Å². The molecule has 1 unspecified atom stereocenters. The summed E-state index contributed by atoms with van der Waals surface area (Å²) < 4.78 is 8.11. The molecule has 4 rings (SSSR count). The van der Waals surface area contributed by atoms with Gasteiger partial charge in [0.25, 0.3) is 0 Å². The van der Waals surface area contributed by atoms with Gasteiger partial charge in [-0.3, -0.25) is 9.20 Å². The van der Waals surface area contributed by atoms with Crippen molar-refractivity contribution >= 4 is 27.5 Å². The van der Waals surface area contributed by atoms with Gasteiger partial charge in [-0.05, 0) is 78.1 Å². The minimum absolute atomic E-state index is 0.0283. The summed E-state index contributed by atoms with van der Waals surface area (Å²) in [6.45, 7) is 1.75. The maximum Gasteiger partial charge on any atom is 0.223 e. The minimum atomic E-state index is -0.282. The molecular weight excluding hydrogens is 434 g/mol. The molecule has 1 fully saturated rings. The van der Waals surface area contributed by atoms with Gasteiger partial charge in [0.15, 0.2) is 11.5 Å². The van der Waals surface area contributed by atoms with E-state index in [4.69, 9.17) is 4.74 Å². The molecular formula is C21H24BrN5O2. The third kappa shape index (κ3) is 4.59. The molecule has 3 aromatic rings. The number of halogens is 1. The van der Waals surface area contributed by atoms with Gasteiger partial charge in [-0.2, -0.15) is 0 Å². The van der Waals surface area contributed by atoms with E-state index in [1.165, 1.54) is 0 Å². The van der Waals surface area contributed by atoms with E-state index in [0.717, 1.165) is 53.2 Å². The standard InChI is InChI=1S/C21H24BrN5O2/c1-29-17-5-2-14(3-6-17)12-18(24-21(28)15-8-10-23-11-9-15)20-26-25-19-7-4-16(22)13-27(19)20/h2-7,13,15,18,23H,8-12H2,1H3,(H,24,28). The topological polar surface area (TPSA) is 80.5 Å². The highest BCUT2D eigenvalue weighted by molar-refractivity contribution is 9.10. The van der Waals surface area contributed by atoms with Gasteiger partial charge < -0.3 is 15.4 Å². The second-order valence-corrected chi connectivity index (χ2v) is 8.19. The van der Waals surface area contributed by atoms with E-state index in [1.54, 1.807) is 7.11 Å². The van der Waals surface area contributed by atoms with Crippen molar-refractivity contribution in [2.75, 3.05) is 20.2 Å². The first-order valence-electron chi connectivity index (χ1n) is 9.78. The SMILES string of the molecule is COc1ccc(CC(NC(=O)C2CCNCC2)c2nnc3ccc(Br)cn23)cc1. The monoisotopic (exact) mass is 457 g/mol. The van der Waals surface area contributed by atoms with Gasteiger partial charge >= 0.3 is 0 Å². The zero-order chi connectivity index (χ0) is 20.2. The zero-order valence-electron chi connectivity index (χ0n) is 16.3. The molecule has 2 aromatic heterocycles. The number of nitrogens with zero attached hydrogens (tertiary/aromatic N) is 3. The molecule has 1 amide bonds. The Labute approximate surface area is 178 Å². The zero-order valence-corrected chi connectivity index (χ0v) is 17.9. The highest BCUT2D eigenvalue weighted by atomic mass is 79.9. The van der Waals surface area contributed by atoms with Crippen LogP contribution in [0.4, 0.5) is 0 Å². The molecule has 1 aliphatic heterocycles. The van der Waals surface area contributed by atoms with E-state index in [0.29, 0.717) is 6.42 Å². The third-order valence-corrected chi connectivity index (χ3v) is 5.80. The number of aromatic nitrogens is 3. The number of amides is 1. The summed E-state index contributed by atoms with van der Waals surface area (Å²) in [6, 6.07) is 11.4. The fourth-order valence-corrected chi connectivity index (χ4v) is 4.03. The summed E-state index contributed by atoms with van der Waals surface area (Å²) in [4.78, 5) is 13.0. The summed E-state index contributed by atoms with van der Waals surface area (Å²) in [6.07, 6.45) is 4.26. The summed E-state index contributed by atoms with van der Waals surface area (Å²) in [7, 11) is 1.65. The number of piperidine rings is 1. The van der Waals surface area contributed by atoms with Crippen LogP contribution in [0.25, 0.3) is 5.65 Å². The van der Waals surface area contributed by atoms with Crippen LogP contribution in [0.2, 0.25) is 0 Å². The Balaban J connectivity index is 1.63. The van der Waals surface area contributed by atoms with Gasteiger partial charge in [-0.1, -0.05) is 12.1 Å². The molecule has 2 N–H and O–H groups in total. The van der Waals surface area contributed by atoms with E-state index in [2.05, 4.69) is 36.8 Å². The van der Waals surface area contributed by atoms with Crippen LogP contribution in [0.5, 0.6) is 5.75 Å². The number of ether oxygens (including phenoxy) is 1. The number of nitrogens with one attached hydrogen (secondary N) is 2. The Morgan fingerprint density at radius 2 is 2.00 bits per heavy atom. The average Bonchev–Trinajstić information content (AvgIpc) is 3.17. The molecule has 0 bridgehead atoms. The van der Waals surface area contributed by atoms with Crippen molar-refractivity contribution in [3.8, 4) is 5.75 Å². The first-order valence-corrected chi connectivity index (χ1v) is 10.6. The van der Waals surface area contributed by atoms with Gasteiger partial charge in [-0.15, -0.1) is 10.2 Å². The quantitative estimate of drug-likeness (QED) is 0.594. The summed E-state index contributed by atoms with van der Waals surface area (Å²) in [5, 5.41) is 15.2. The Bertz CT molecular complexity index is 982. The van der Waals surface area contributed by atoms with Crippen molar-refractivity contribution in [1.29, 1.82) is 0 Å². The van der Waals surface area contributed by atoms with E-state index < -0.39 is 0 Å². The largest absolute Gasteiger partial charge is 0.497 e. The normalized spacial score (nSPS) is 15.9. The number of fused-ring (bicyclic) bond motifs is 1.